The van der Waals surface area contributed by atoms with E-state index in [0.717, 1.165) is 16.9 Å². The van der Waals surface area contributed by atoms with Gasteiger partial charge in [0.1, 0.15) is 0 Å². The van der Waals surface area contributed by atoms with Crippen LogP contribution >= 0.6 is 15.9 Å². The third kappa shape index (κ3) is 4.31. The van der Waals surface area contributed by atoms with Crippen LogP contribution < -0.4 is 5.32 Å². The number of nitrogens with one attached hydrogen (secondary N) is 1. The highest BCUT2D eigenvalue weighted by molar-refractivity contribution is 9.10. The monoisotopic (exact) mass is 268 g/mol. The summed E-state index contributed by atoms with van der Waals surface area (Å²) in [5, 5.41) is 3.52. The van der Waals surface area contributed by atoms with Gasteiger partial charge in [0, 0.05) is 22.4 Å². The molecular formula is C12H17BrN2. The number of hydrogen-bond acceptors (Lipinski definition) is 2. The maximum absolute atomic E-state index is 4.36. The molecule has 1 aromatic heterocycles. The zero-order valence-electron chi connectivity index (χ0n) is 8.88. The zero-order chi connectivity index (χ0) is 10.5. The number of nitrogens with zero attached hydrogens (tertiary/aromatic N) is 1. The molecule has 0 aliphatic heterocycles. The maximum Gasteiger partial charge on any atom is 0.0413 e. The van der Waals surface area contributed by atoms with Gasteiger partial charge in [0.15, 0.2) is 0 Å². The predicted octanol–water partition coefficient (Wildman–Crippen LogP) is 2.92. The normalized spacial score (nSPS) is 15.5. The van der Waals surface area contributed by atoms with Crippen LogP contribution in [0.3, 0.4) is 0 Å². The van der Waals surface area contributed by atoms with E-state index in [1.807, 2.05) is 6.20 Å². The third-order valence-corrected chi connectivity index (χ3v) is 3.13. The van der Waals surface area contributed by atoms with E-state index in [4.69, 9.17) is 0 Å². The molecule has 1 aliphatic carbocycles. The van der Waals surface area contributed by atoms with E-state index < -0.39 is 0 Å². The highest BCUT2D eigenvalue weighted by Crippen LogP contribution is 2.18. The average molecular weight is 269 g/mol. The van der Waals surface area contributed by atoms with Gasteiger partial charge in [-0.15, -0.1) is 0 Å². The second-order valence-corrected chi connectivity index (χ2v) is 5.07. The molecule has 1 aliphatic rings. The topological polar surface area (TPSA) is 24.9 Å². The van der Waals surface area contributed by atoms with Gasteiger partial charge in [-0.1, -0.05) is 0 Å². The molecule has 0 aromatic carbocycles. The van der Waals surface area contributed by atoms with Crippen LogP contribution in [0.25, 0.3) is 0 Å². The quantitative estimate of drug-likeness (QED) is 0.803. The van der Waals surface area contributed by atoms with Crippen LogP contribution in [0.4, 0.5) is 0 Å². The summed E-state index contributed by atoms with van der Waals surface area (Å²) in [6, 6.07) is 5.00. The molecule has 0 radical (unpaired) electrons. The van der Waals surface area contributed by atoms with Gasteiger partial charge < -0.3 is 5.32 Å². The van der Waals surface area contributed by atoms with Crippen molar-refractivity contribution in [2.24, 2.45) is 0 Å². The first-order valence-electron chi connectivity index (χ1n) is 5.68. The molecule has 0 amide bonds. The second-order valence-electron chi connectivity index (χ2n) is 4.15. The van der Waals surface area contributed by atoms with Crippen molar-refractivity contribution in [1.82, 2.24) is 10.3 Å². The standard InChI is InChI=1S/C12H17BrN2/c13-10-4-5-11(15-9-10)3-1-2-8-14-12-6-7-12/h4-5,9,12,14H,1-3,6-8H2. The number of aryl methyl sites for hydroxylation is 1. The molecule has 0 saturated heterocycles. The van der Waals surface area contributed by atoms with Gasteiger partial charge >= 0.3 is 0 Å². The minimum Gasteiger partial charge on any atom is -0.314 e. The largest absolute Gasteiger partial charge is 0.314 e. The summed E-state index contributed by atoms with van der Waals surface area (Å²) >= 11 is 3.39. The van der Waals surface area contributed by atoms with Gasteiger partial charge in [0.2, 0.25) is 0 Å². The summed E-state index contributed by atoms with van der Waals surface area (Å²) in [5.41, 5.74) is 1.20. The third-order valence-electron chi connectivity index (χ3n) is 2.66. The lowest BCUT2D eigenvalue weighted by molar-refractivity contribution is 0.617. The van der Waals surface area contributed by atoms with Crippen LogP contribution in [0.5, 0.6) is 0 Å². The van der Waals surface area contributed by atoms with Crippen LogP contribution in [0.15, 0.2) is 22.8 Å². The first-order valence-corrected chi connectivity index (χ1v) is 6.48. The fourth-order valence-corrected chi connectivity index (χ4v) is 1.81. The molecule has 1 aromatic rings. The lowest BCUT2D eigenvalue weighted by Gasteiger charge is -2.02. The van der Waals surface area contributed by atoms with E-state index in [9.17, 15) is 0 Å². The Morgan fingerprint density at radius 3 is 2.87 bits per heavy atom. The minimum atomic E-state index is 0.843. The molecule has 1 fully saturated rings. The Kier molecular flexibility index (Phi) is 4.15. The number of aromatic nitrogens is 1. The summed E-state index contributed by atoms with van der Waals surface area (Å²) in [6.07, 6.45) is 8.22. The summed E-state index contributed by atoms with van der Waals surface area (Å²) in [7, 11) is 0. The van der Waals surface area contributed by atoms with Gasteiger partial charge in [-0.2, -0.15) is 0 Å². The molecular weight excluding hydrogens is 252 g/mol. The summed E-state index contributed by atoms with van der Waals surface area (Å²) in [6.45, 7) is 1.17. The number of halogens is 1. The second kappa shape index (κ2) is 5.61. The Labute approximate surface area is 99.6 Å². The van der Waals surface area contributed by atoms with E-state index in [-0.39, 0.29) is 0 Å². The van der Waals surface area contributed by atoms with Gasteiger partial charge in [0.25, 0.3) is 0 Å². The predicted molar refractivity (Wildman–Crippen MR) is 65.9 cm³/mol. The Hall–Kier alpha value is -0.410. The maximum atomic E-state index is 4.36. The Balaban J connectivity index is 1.58. The number of rotatable bonds is 6. The lowest BCUT2D eigenvalue weighted by atomic mass is 10.2. The van der Waals surface area contributed by atoms with Crippen molar-refractivity contribution in [2.45, 2.75) is 38.1 Å². The Bertz CT molecular complexity index is 293. The molecule has 1 saturated carbocycles. The van der Waals surface area contributed by atoms with E-state index in [2.05, 4.69) is 38.4 Å². The molecule has 0 spiro atoms. The molecule has 0 bridgehead atoms. The Morgan fingerprint density at radius 1 is 1.33 bits per heavy atom. The van der Waals surface area contributed by atoms with Crippen molar-refractivity contribution in [3.63, 3.8) is 0 Å². The van der Waals surface area contributed by atoms with Crippen molar-refractivity contribution in [3.05, 3.63) is 28.5 Å². The number of hydrogen-bond donors (Lipinski definition) is 1. The lowest BCUT2D eigenvalue weighted by Crippen LogP contribution is -2.17. The van der Waals surface area contributed by atoms with Gasteiger partial charge in [-0.3, -0.25) is 4.98 Å². The van der Waals surface area contributed by atoms with Crippen molar-refractivity contribution in [3.8, 4) is 0 Å². The van der Waals surface area contributed by atoms with Crippen LogP contribution in [0.1, 0.15) is 31.4 Å². The van der Waals surface area contributed by atoms with Crippen molar-refractivity contribution in [2.75, 3.05) is 6.54 Å². The summed E-state index contributed by atoms with van der Waals surface area (Å²) in [5.74, 6) is 0. The molecule has 2 nitrogen and oxygen atoms in total. The fourth-order valence-electron chi connectivity index (χ4n) is 1.58. The van der Waals surface area contributed by atoms with Crippen LogP contribution in [-0.2, 0) is 6.42 Å². The van der Waals surface area contributed by atoms with Crippen molar-refractivity contribution < 1.29 is 0 Å². The highest BCUT2D eigenvalue weighted by Gasteiger charge is 2.19. The first kappa shape index (κ1) is 11.1. The molecule has 1 N–H and O–H groups in total. The van der Waals surface area contributed by atoms with Gasteiger partial charge in [0.05, 0.1) is 0 Å². The number of unbranched alkanes of at least 4 members (excludes halogenated alkanes) is 1. The SMILES string of the molecule is Brc1ccc(CCCCNC2CC2)nc1. The van der Waals surface area contributed by atoms with Gasteiger partial charge in [-0.25, -0.2) is 0 Å². The van der Waals surface area contributed by atoms with Crippen molar-refractivity contribution in [1.29, 1.82) is 0 Å². The zero-order valence-corrected chi connectivity index (χ0v) is 10.5. The smallest absolute Gasteiger partial charge is 0.0413 e. The van der Waals surface area contributed by atoms with E-state index >= 15 is 0 Å². The summed E-state index contributed by atoms with van der Waals surface area (Å²) in [4.78, 5) is 4.36. The van der Waals surface area contributed by atoms with E-state index in [1.54, 1.807) is 0 Å². The molecule has 1 heterocycles. The van der Waals surface area contributed by atoms with E-state index in [1.165, 1.54) is 37.9 Å². The molecule has 15 heavy (non-hydrogen) atoms. The minimum absolute atomic E-state index is 0.843. The van der Waals surface area contributed by atoms with Crippen LogP contribution in [-0.4, -0.2) is 17.6 Å². The molecule has 0 unspecified atom stereocenters. The highest BCUT2D eigenvalue weighted by atomic mass is 79.9. The van der Waals surface area contributed by atoms with Crippen LogP contribution in [0, 0.1) is 0 Å². The molecule has 3 heteroatoms. The molecule has 0 atom stereocenters. The van der Waals surface area contributed by atoms with Crippen molar-refractivity contribution >= 4 is 15.9 Å². The van der Waals surface area contributed by atoms with E-state index in [0.29, 0.717) is 0 Å². The van der Waals surface area contributed by atoms with Gasteiger partial charge in [-0.05, 0) is 66.7 Å². The Morgan fingerprint density at radius 2 is 2.20 bits per heavy atom. The molecule has 82 valence electrons. The molecule has 2 rings (SSSR count). The van der Waals surface area contributed by atoms with Crippen LogP contribution in [0.2, 0.25) is 0 Å². The first-order chi connectivity index (χ1) is 7.34. The fraction of sp³-hybridized carbons (Fsp3) is 0.583. The summed E-state index contributed by atoms with van der Waals surface area (Å²) < 4.78 is 1.06. The number of pyridine rings is 1. The average Bonchev–Trinajstić information content (AvgIpc) is 3.04.